The topological polar surface area (TPSA) is 98.2 Å². The second kappa shape index (κ2) is 9.55. The minimum atomic E-state index is -0.487. The van der Waals surface area contributed by atoms with Gasteiger partial charge in [0.25, 0.3) is 0 Å². The van der Waals surface area contributed by atoms with Crippen LogP contribution in [0.3, 0.4) is 0 Å². The fourth-order valence-corrected chi connectivity index (χ4v) is 5.00. The molecule has 3 heterocycles. The van der Waals surface area contributed by atoms with E-state index in [9.17, 15) is 9.59 Å². The van der Waals surface area contributed by atoms with Gasteiger partial charge in [-0.2, -0.15) is 0 Å². The van der Waals surface area contributed by atoms with Crippen molar-refractivity contribution in [1.29, 1.82) is 0 Å². The molecule has 1 amide bonds. The van der Waals surface area contributed by atoms with Crippen LogP contribution in [0, 0.1) is 20.8 Å². The van der Waals surface area contributed by atoms with E-state index < -0.39 is 5.97 Å². The van der Waals surface area contributed by atoms with Gasteiger partial charge in [0, 0.05) is 24.7 Å². The summed E-state index contributed by atoms with van der Waals surface area (Å²) in [4.78, 5) is 44.3. The van der Waals surface area contributed by atoms with E-state index in [2.05, 4.69) is 19.9 Å². The predicted octanol–water partition coefficient (Wildman–Crippen LogP) is 5.02. The second-order valence-corrected chi connectivity index (χ2v) is 9.18. The van der Waals surface area contributed by atoms with Gasteiger partial charge in [-0.05, 0) is 38.5 Å². The molecule has 3 aromatic heterocycles. The van der Waals surface area contributed by atoms with Crippen molar-refractivity contribution in [3.05, 3.63) is 69.4 Å². The molecule has 0 atom stereocenters. The number of benzene rings is 1. The second-order valence-electron chi connectivity index (χ2n) is 7.35. The van der Waals surface area contributed by atoms with E-state index in [1.807, 2.05) is 32.0 Å². The summed E-state index contributed by atoms with van der Waals surface area (Å²) < 4.78 is 5.47. The lowest BCUT2D eigenvalue weighted by molar-refractivity contribution is -0.115. The number of aryl methyl sites for hydroxylation is 3. The van der Waals surface area contributed by atoms with Crippen molar-refractivity contribution in [2.45, 2.75) is 34.3 Å². The van der Waals surface area contributed by atoms with E-state index in [1.54, 1.807) is 35.7 Å². The Balaban J connectivity index is 1.48. The zero-order valence-corrected chi connectivity index (χ0v) is 20.2. The number of amides is 1. The van der Waals surface area contributed by atoms with Crippen LogP contribution >= 0.6 is 22.7 Å². The average molecular weight is 480 g/mol. The summed E-state index contributed by atoms with van der Waals surface area (Å²) in [5.74, 6) is -0.167. The number of ether oxygens (including phenoxy) is 1. The molecular weight excluding hydrogens is 458 g/mol. The molecule has 0 spiro atoms. The summed E-state index contributed by atoms with van der Waals surface area (Å²) in [5, 5.41) is 2.87. The molecule has 8 nitrogen and oxygen atoms in total. The zero-order valence-electron chi connectivity index (χ0n) is 18.5. The molecule has 4 aromatic rings. The van der Waals surface area contributed by atoms with Gasteiger partial charge in [-0.3, -0.25) is 9.69 Å². The smallest absolute Gasteiger partial charge is 0.350 e. The number of anilines is 2. The number of carbonyl (C=O) groups excluding carboxylic acids is 2. The highest BCUT2D eigenvalue weighted by Crippen LogP contribution is 2.32. The highest BCUT2D eigenvalue weighted by atomic mass is 32.1. The summed E-state index contributed by atoms with van der Waals surface area (Å²) in [5.41, 5.74) is 4.00. The quantitative estimate of drug-likeness (QED) is 0.358. The van der Waals surface area contributed by atoms with Crippen LogP contribution in [0.4, 0.5) is 10.8 Å². The van der Waals surface area contributed by atoms with Crippen LogP contribution in [0.2, 0.25) is 0 Å². The third kappa shape index (κ3) is 4.96. The Morgan fingerprint density at radius 2 is 1.85 bits per heavy atom. The molecule has 0 aliphatic heterocycles. The van der Waals surface area contributed by atoms with Gasteiger partial charge in [0.2, 0.25) is 5.91 Å². The predicted molar refractivity (Wildman–Crippen MR) is 128 cm³/mol. The molecule has 0 saturated heterocycles. The van der Waals surface area contributed by atoms with E-state index >= 15 is 0 Å². The van der Waals surface area contributed by atoms with Crippen LogP contribution in [0.5, 0.6) is 0 Å². The highest BCUT2D eigenvalue weighted by Gasteiger charge is 2.22. The number of hydrogen-bond acceptors (Lipinski definition) is 9. The number of aromatic nitrogens is 4. The third-order valence-corrected chi connectivity index (χ3v) is 6.74. The first kappa shape index (κ1) is 22.7. The lowest BCUT2D eigenvalue weighted by Crippen LogP contribution is -2.23. The Kier molecular flexibility index (Phi) is 6.57. The Labute approximate surface area is 199 Å². The Hall–Kier alpha value is -3.50. The molecule has 4 rings (SSSR count). The van der Waals surface area contributed by atoms with Crippen LogP contribution in [0.1, 0.15) is 39.1 Å². The van der Waals surface area contributed by atoms with Crippen LogP contribution in [-0.2, 0) is 16.1 Å². The standard InChI is InChI=1S/C23H21N5O3S2/c1-13-6-7-18(14(2)10-13)28(16(4)29)23-27-17(12-32-23)11-31-22(30)19-15(3)26-21(33-19)20-24-8-5-9-25-20/h5-10,12H,11H2,1-4H3. The molecule has 0 aliphatic rings. The summed E-state index contributed by atoms with van der Waals surface area (Å²) in [7, 11) is 0. The average Bonchev–Trinajstić information content (AvgIpc) is 3.41. The van der Waals surface area contributed by atoms with Gasteiger partial charge in [-0.1, -0.05) is 17.7 Å². The summed E-state index contributed by atoms with van der Waals surface area (Å²) in [6.07, 6.45) is 3.25. The number of rotatable bonds is 6. The molecule has 168 valence electrons. The van der Waals surface area contributed by atoms with Gasteiger partial charge >= 0.3 is 5.97 Å². The highest BCUT2D eigenvalue weighted by molar-refractivity contribution is 7.17. The number of nitrogens with zero attached hydrogens (tertiary/aromatic N) is 5. The summed E-state index contributed by atoms with van der Waals surface area (Å²) >= 11 is 2.51. The van der Waals surface area contributed by atoms with Crippen molar-refractivity contribution in [1.82, 2.24) is 19.9 Å². The third-order valence-electron chi connectivity index (χ3n) is 4.73. The number of carbonyl (C=O) groups is 2. The van der Waals surface area contributed by atoms with Crippen molar-refractivity contribution < 1.29 is 14.3 Å². The van der Waals surface area contributed by atoms with Crippen molar-refractivity contribution in [3.63, 3.8) is 0 Å². The van der Waals surface area contributed by atoms with Gasteiger partial charge in [0.1, 0.15) is 11.5 Å². The molecule has 0 fully saturated rings. The molecule has 10 heteroatoms. The van der Waals surface area contributed by atoms with Crippen LogP contribution in [0.15, 0.2) is 42.0 Å². The fraction of sp³-hybridized carbons (Fsp3) is 0.217. The molecule has 33 heavy (non-hydrogen) atoms. The van der Waals surface area contributed by atoms with Crippen LogP contribution in [0.25, 0.3) is 10.8 Å². The van der Waals surface area contributed by atoms with E-state index in [4.69, 9.17) is 4.74 Å². The van der Waals surface area contributed by atoms with Crippen molar-refractivity contribution in [2.24, 2.45) is 0 Å². The Morgan fingerprint density at radius 1 is 1.09 bits per heavy atom. The molecule has 0 saturated carbocycles. The van der Waals surface area contributed by atoms with Crippen LogP contribution in [-0.4, -0.2) is 31.8 Å². The lowest BCUT2D eigenvalue weighted by atomic mass is 10.1. The van der Waals surface area contributed by atoms with Crippen LogP contribution < -0.4 is 4.90 Å². The SMILES string of the molecule is CC(=O)N(c1nc(COC(=O)c2sc(-c3ncccn3)nc2C)cs1)c1ccc(C)cc1C. The monoisotopic (exact) mass is 479 g/mol. The summed E-state index contributed by atoms with van der Waals surface area (Å²) in [6.45, 7) is 7.20. The van der Waals surface area contributed by atoms with E-state index in [0.717, 1.165) is 16.8 Å². The number of thiazole rings is 2. The lowest BCUT2D eigenvalue weighted by Gasteiger charge is -2.20. The van der Waals surface area contributed by atoms with Gasteiger partial charge < -0.3 is 4.74 Å². The van der Waals surface area contributed by atoms with E-state index in [0.29, 0.717) is 32.2 Å². The number of esters is 1. The molecular formula is C23H21N5O3S2. The molecule has 0 unspecified atom stereocenters. The van der Waals surface area contributed by atoms with Gasteiger partial charge in [0.15, 0.2) is 16.0 Å². The molecule has 0 bridgehead atoms. The fourth-order valence-electron chi connectivity index (χ4n) is 3.22. The van der Waals surface area contributed by atoms with Gasteiger partial charge in [-0.15, -0.1) is 22.7 Å². The molecule has 0 radical (unpaired) electrons. The molecule has 1 aromatic carbocycles. The normalized spacial score (nSPS) is 10.8. The minimum absolute atomic E-state index is 0.0114. The van der Waals surface area contributed by atoms with Gasteiger partial charge in [-0.25, -0.2) is 24.7 Å². The van der Waals surface area contributed by atoms with Crippen molar-refractivity contribution in [3.8, 4) is 10.8 Å². The maximum Gasteiger partial charge on any atom is 0.350 e. The van der Waals surface area contributed by atoms with Crippen molar-refractivity contribution >= 4 is 45.4 Å². The first-order valence-corrected chi connectivity index (χ1v) is 11.8. The Morgan fingerprint density at radius 3 is 2.55 bits per heavy atom. The van der Waals surface area contributed by atoms with E-state index in [1.165, 1.54) is 29.6 Å². The maximum atomic E-state index is 12.6. The molecule has 0 N–H and O–H groups in total. The largest absolute Gasteiger partial charge is 0.455 e. The summed E-state index contributed by atoms with van der Waals surface area (Å²) in [6, 6.07) is 7.61. The van der Waals surface area contributed by atoms with Crippen molar-refractivity contribution in [2.75, 3.05) is 4.90 Å². The first-order chi connectivity index (χ1) is 15.8. The maximum absolute atomic E-state index is 12.6. The van der Waals surface area contributed by atoms with Gasteiger partial charge in [0.05, 0.1) is 17.1 Å². The minimum Gasteiger partial charge on any atom is -0.455 e. The number of hydrogen-bond donors (Lipinski definition) is 0. The zero-order chi connectivity index (χ0) is 23.5. The van der Waals surface area contributed by atoms with E-state index in [-0.39, 0.29) is 12.5 Å². The first-order valence-electron chi connectivity index (χ1n) is 10.1. The Bertz CT molecular complexity index is 1320. The molecule has 0 aliphatic carbocycles.